The number of nitrogens with zero attached hydrogens (tertiary/aromatic N) is 6. The standard InChI is InChI=1S/C60H96N6O23/c67-59(57-53-65(63-61-57)51-55-7-3-1-4-8-55)88-49-47-86-45-43-84-41-39-82-37-35-80-33-31-78-29-27-76-25-23-74-21-19-72-17-15-70-13-11-69-12-14-71-16-18-73-20-22-75-24-26-77-28-30-79-32-34-81-36-38-83-40-42-85-44-46-87-48-50-89-60(68)58-54-66(64-62-58)52-56-9-5-2-6-10-56/h1-10,53-54H,11-52H2. The molecule has 0 spiro atoms. The normalized spacial score (nSPS) is 11.5. The summed E-state index contributed by atoms with van der Waals surface area (Å²) in [7, 11) is 0. The van der Waals surface area contributed by atoms with Gasteiger partial charge in [0.15, 0.2) is 11.4 Å². The molecule has 2 heterocycles. The fourth-order valence-corrected chi connectivity index (χ4v) is 7.07. The molecule has 2 aromatic heterocycles. The fraction of sp³-hybridized carbons (Fsp3) is 0.700. The van der Waals surface area contributed by atoms with Gasteiger partial charge in [0.2, 0.25) is 0 Å². The molecule has 0 aliphatic carbocycles. The van der Waals surface area contributed by atoms with Crippen LogP contribution in [0.25, 0.3) is 0 Å². The van der Waals surface area contributed by atoms with E-state index in [0.29, 0.717) is 251 Å². The smallest absolute Gasteiger partial charge is 0.360 e. The number of esters is 2. The molecule has 504 valence electrons. The van der Waals surface area contributed by atoms with Crippen molar-refractivity contribution in [2.24, 2.45) is 0 Å². The minimum atomic E-state index is -0.545. The first kappa shape index (κ1) is 76.4. The number of aromatic nitrogens is 6. The van der Waals surface area contributed by atoms with Gasteiger partial charge >= 0.3 is 11.9 Å². The summed E-state index contributed by atoms with van der Waals surface area (Å²) in [6, 6.07) is 19.6. The average Bonchev–Trinajstić information content (AvgIpc) is 4.22. The Bertz CT molecular complexity index is 2040. The summed E-state index contributed by atoms with van der Waals surface area (Å²) in [5, 5.41) is 15.7. The minimum absolute atomic E-state index is 0.105. The Labute approximate surface area is 522 Å². The molecule has 29 heteroatoms. The quantitative estimate of drug-likeness (QED) is 0.0453. The Balaban J connectivity index is 0.704. The van der Waals surface area contributed by atoms with E-state index in [2.05, 4.69) is 20.6 Å². The maximum atomic E-state index is 12.2. The maximum absolute atomic E-state index is 12.2. The average molecular weight is 1270 g/mol. The molecule has 0 amide bonds. The van der Waals surface area contributed by atoms with Gasteiger partial charge in [-0.2, -0.15) is 0 Å². The van der Waals surface area contributed by atoms with Gasteiger partial charge in [0.05, 0.1) is 277 Å². The van der Waals surface area contributed by atoms with Crippen LogP contribution < -0.4 is 0 Å². The van der Waals surface area contributed by atoms with Crippen molar-refractivity contribution in [1.29, 1.82) is 0 Å². The molecular formula is C60H96N6O23. The van der Waals surface area contributed by atoms with Crippen LogP contribution in [0.5, 0.6) is 0 Å². The molecule has 0 aliphatic rings. The second-order valence-corrected chi connectivity index (χ2v) is 18.5. The van der Waals surface area contributed by atoms with Gasteiger partial charge in [-0.05, 0) is 11.1 Å². The van der Waals surface area contributed by atoms with Crippen molar-refractivity contribution in [2.45, 2.75) is 13.1 Å². The molecule has 2 aromatic carbocycles. The van der Waals surface area contributed by atoms with Crippen LogP contribution in [0.15, 0.2) is 73.1 Å². The summed E-state index contributed by atoms with van der Waals surface area (Å²) in [5.74, 6) is -1.09. The SMILES string of the molecule is O=C(OCCOCCOCCOCCOCCOCCOCCOCCOCCOCCOCCOCCOCCOCCOCCOCCOCCOCCOCCOCCOC(=O)c1cn(Cc2ccccc2)nn1)c1cn(Cc2ccccc2)nn1. The van der Waals surface area contributed by atoms with E-state index in [0.717, 1.165) is 11.1 Å². The number of benzene rings is 2. The first-order valence-corrected chi connectivity index (χ1v) is 30.4. The van der Waals surface area contributed by atoms with Crippen LogP contribution in [-0.4, -0.2) is 306 Å². The molecule has 0 saturated carbocycles. The largest absolute Gasteiger partial charge is 0.458 e. The molecule has 0 fully saturated rings. The summed E-state index contributed by atoms with van der Waals surface area (Å²) in [4.78, 5) is 24.4. The topological polar surface area (TPSA) is 289 Å². The first-order valence-electron chi connectivity index (χ1n) is 30.4. The lowest BCUT2D eigenvalue weighted by Gasteiger charge is -2.09. The summed E-state index contributed by atoms with van der Waals surface area (Å²) < 4.78 is 118. The highest BCUT2D eigenvalue weighted by Crippen LogP contribution is 2.05. The highest BCUT2D eigenvalue weighted by Gasteiger charge is 2.14. The van der Waals surface area contributed by atoms with E-state index in [9.17, 15) is 9.59 Å². The molecule has 89 heavy (non-hydrogen) atoms. The maximum Gasteiger partial charge on any atom is 0.360 e. The monoisotopic (exact) mass is 1270 g/mol. The van der Waals surface area contributed by atoms with Gasteiger partial charge in [0, 0.05) is 0 Å². The van der Waals surface area contributed by atoms with E-state index in [1.165, 1.54) is 0 Å². The van der Waals surface area contributed by atoms with Crippen molar-refractivity contribution in [1.82, 2.24) is 30.0 Å². The van der Waals surface area contributed by atoms with Crippen LogP contribution in [0, 0.1) is 0 Å². The molecule has 29 nitrogen and oxygen atoms in total. The molecular weight excluding hydrogens is 1170 g/mol. The second kappa shape index (κ2) is 58.0. The Kier molecular flexibility index (Phi) is 49.8. The number of carbonyl (C=O) groups excluding carboxylic acids is 2. The van der Waals surface area contributed by atoms with Crippen molar-refractivity contribution in [3.63, 3.8) is 0 Å². The van der Waals surface area contributed by atoms with Crippen LogP contribution in [-0.2, 0) is 113 Å². The zero-order chi connectivity index (χ0) is 62.5. The number of rotatable bonds is 66. The third-order valence-electron chi connectivity index (χ3n) is 11.5. The van der Waals surface area contributed by atoms with Crippen molar-refractivity contribution in [2.75, 3.05) is 264 Å². The van der Waals surface area contributed by atoms with Crippen molar-refractivity contribution in [3.05, 3.63) is 95.6 Å². The summed E-state index contributed by atoms with van der Waals surface area (Å²) in [6.07, 6.45) is 3.12. The van der Waals surface area contributed by atoms with Gasteiger partial charge in [0.1, 0.15) is 13.2 Å². The summed E-state index contributed by atoms with van der Waals surface area (Å²) in [5.41, 5.74) is 2.41. The van der Waals surface area contributed by atoms with E-state index in [1.807, 2.05) is 60.7 Å². The van der Waals surface area contributed by atoms with Crippen LogP contribution in [0.4, 0.5) is 0 Å². The Morgan fingerprint density at radius 3 is 0.596 bits per heavy atom. The lowest BCUT2D eigenvalue weighted by molar-refractivity contribution is -0.0314. The van der Waals surface area contributed by atoms with Crippen LogP contribution in [0.1, 0.15) is 32.1 Å². The highest BCUT2D eigenvalue weighted by atomic mass is 16.6. The molecule has 0 radical (unpaired) electrons. The minimum Gasteiger partial charge on any atom is -0.458 e. The van der Waals surface area contributed by atoms with Gasteiger partial charge < -0.3 is 99.5 Å². The van der Waals surface area contributed by atoms with Gasteiger partial charge in [-0.15, -0.1) is 10.2 Å². The molecule has 0 aliphatic heterocycles. The molecule has 0 saturated heterocycles. The molecule has 0 N–H and O–H groups in total. The molecule has 0 atom stereocenters. The van der Waals surface area contributed by atoms with Gasteiger partial charge in [0.25, 0.3) is 0 Å². The molecule has 4 aromatic rings. The predicted octanol–water partition coefficient (Wildman–Crippen LogP) is 2.30. The third kappa shape index (κ3) is 45.8. The zero-order valence-corrected chi connectivity index (χ0v) is 51.7. The van der Waals surface area contributed by atoms with Crippen LogP contribution in [0.2, 0.25) is 0 Å². The second-order valence-electron chi connectivity index (χ2n) is 18.5. The zero-order valence-electron chi connectivity index (χ0n) is 51.7. The Morgan fingerprint density at radius 1 is 0.247 bits per heavy atom. The number of ether oxygens (including phenoxy) is 21. The third-order valence-corrected chi connectivity index (χ3v) is 11.5. The highest BCUT2D eigenvalue weighted by molar-refractivity contribution is 5.87. The van der Waals surface area contributed by atoms with E-state index < -0.39 is 11.9 Å². The van der Waals surface area contributed by atoms with Gasteiger partial charge in [-0.1, -0.05) is 71.1 Å². The van der Waals surface area contributed by atoms with E-state index in [1.54, 1.807) is 21.8 Å². The van der Waals surface area contributed by atoms with Crippen LogP contribution in [0.3, 0.4) is 0 Å². The molecule has 0 unspecified atom stereocenters. The van der Waals surface area contributed by atoms with E-state index in [-0.39, 0.29) is 37.8 Å². The lowest BCUT2D eigenvalue weighted by atomic mass is 10.2. The fourth-order valence-electron chi connectivity index (χ4n) is 7.07. The van der Waals surface area contributed by atoms with Crippen molar-refractivity contribution >= 4 is 11.9 Å². The predicted molar refractivity (Wildman–Crippen MR) is 317 cm³/mol. The Morgan fingerprint density at radius 2 is 0.416 bits per heavy atom. The summed E-state index contributed by atoms with van der Waals surface area (Å²) in [6.45, 7) is 18.1. The van der Waals surface area contributed by atoms with Gasteiger partial charge in [-0.3, -0.25) is 0 Å². The number of hydrogen-bond donors (Lipinski definition) is 0. The Hall–Kier alpha value is -5.10. The molecule has 0 bridgehead atoms. The van der Waals surface area contributed by atoms with Crippen LogP contribution >= 0.6 is 0 Å². The van der Waals surface area contributed by atoms with E-state index in [4.69, 9.17) is 99.5 Å². The van der Waals surface area contributed by atoms with E-state index >= 15 is 0 Å². The first-order chi connectivity index (χ1) is 44.2. The number of hydrogen-bond acceptors (Lipinski definition) is 27. The van der Waals surface area contributed by atoms with Crippen molar-refractivity contribution in [3.8, 4) is 0 Å². The van der Waals surface area contributed by atoms with Crippen molar-refractivity contribution < 1.29 is 109 Å². The van der Waals surface area contributed by atoms with Gasteiger partial charge in [-0.25, -0.2) is 19.0 Å². The molecule has 4 rings (SSSR count). The lowest BCUT2D eigenvalue weighted by Crippen LogP contribution is -2.16. The summed E-state index contributed by atoms with van der Waals surface area (Å²) >= 11 is 0. The number of carbonyl (C=O) groups is 2.